The third kappa shape index (κ3) is 2.51. The number of Topliss-reactive ketones (excluding diaryl/α,β-unsaturated/α-hetero) is 2. The molecule has 0 aromatic heterocycles. The summed E-state index contributed by atoms with van der Waals surface area (Å²) in [6.07, 6.45) is 2.37. The van der Waals surface area contributed by atoms with Gasteiger partial charge in [0.05, 0.1) is 0 Å². The molecule has 0 fully saturated rings. The molecule has 1 heterocycles. The molecular formula is C18H24O4. The van der Waals surface area contributed by atoms with Crippen LogP contribution in [0.15, 0.2) is 34.3 Å². The van der Waals surface area contributed by atoms with E-state index in [0.29, 0.717) is 17.6 Å². The molecule has 1 aliphatic carbocycles. The minimum Gasteiger partial charge on any atom is -0.476 e. The molecule has 0 saturated carbocycles. The van der Waals surface area contributed by atoms with E-state index in [1.54, 1.807) is 6.92 Å². The number of rotatable bonds is 2. The molecule has 2 rings (SSSR count). The van der Waals surface area contributed by atoms with Gasteiger partial charge in [-0.15, -0.1) is 0 Å². The van der Waals surface area contributed by atoms with Crippen molar-refractivity contribution in [3.05, 3.63) is 34.3 Å². The van der Waals surface area contributed by atoms with Crippen molar-refractivity contribution in [1.82, 2.24) is 0 Å². The summed E-state index contributed by atoms with van der Waals surface area (Å²) in [4.78, 5) is 25.3. The van der Waals surface area contributed by atoms with E-state index in [4.69, 9.17) is 9.47 Å². The van der Waals surface area contributed by atoms with Crippen LogP contribution in [0, 0.1) is 0 Å². The first-order valence-corrected chi connectivity index (χ1v) is 7.53. The summed E-state index contributed by atoms with van der Waals surface area (Å²) in [5, 5.41) is 0. The number of carbonyl (C=O) groups excluding carboxylic acids is 2. The minimum absolute atomic E-state index is 0.0489. The van der Waals surface area contributed by atoms with Crippen LogP contribution in [0.2, 0.25) is 0 Å². The van der Waals surface area contributed by atoms with Gasteiger partial charge in [0, 0.05) is 11.1 Å². The Morgan fingerprint density at radius 3 is 1.86 bits per heavy atom. The van der Waals surface area contributed by atoms with Gasteiger partial charge in [-0.2, -0.15) is 0 Å². The quantitative estimate of drug-likeness (QED) is 0.577. The molecule has 4 nitrogen and oxygen atoms in total. The maximum atomic E-state index is 12.7. The first-order chi connectivity index (χ1) is 9.98. The van der Waals surface area contributed by atoms with Crippen molar-refractivity contribution in [3.63, 3.8) is 0 Å². The van der Waals surface area contributed by atoms with Crippen molar-refractivity contribution in [1.29, 1.82) is 0 Å². The molecule has 0 unspecified atom stereocenters. The predicted molar refractivity (Wildman–Crippen MR) is 84.1 cm³/mol. The Kier molecular flexibility index (Phi) is 3.84. The van der Waals surface area contributed by atoms with Crippen LogP contribution in [-0.2, 0) is 19.1 Å². The Labute approximate surface area is 131 Å². The van der Waals surface area contributed by atoms with Crippen LogP contribution in [0.5, 0.6) is 0 Å². The molecular weight excluding hydrogens is 280 g/mol. The van der Waals surface area contributed by atoms with E-state index < -0.39 is 11.2 Å². The van der Waals surface area contributed by atoms with Gasteiger partial charge in [-0.05, 0) is 54.9 Å². The van der Waals surface area contributed by atoms with E-state index in [2.05, 4.69) is 0 Å². The van der Waals surface area contributed by atoms with Crippen LogP contribution in [0.4, 0.5) is 0 Å². The second-order valence-corrected chi connectivity index (χ2v) is 7.13. The summed E-state index contributed by atoms with van der Waals surface area (Å²) in [6.45, 7) is 13.0. The topological polar surface area (TPSA) is 52.6 Å². The zero-order chi connectivity index (χ0) is 16.9. The highest BCUT2D eigenvalue weighted by atomic mass is 16.6. The van der Waals surface area contributed by atoms with Crippen molar-refractivity contribution in [2.45, 2.75) is 66.1 Å². The van der Waals surface area contributed by atoms with E-state index in [0.717, 1.165) is 5.57 Å². The Hall–Kier alpha value is -1.84. The number of ether oxygens (including phenoxy) is 2. The first kappa shape index (κ1) is 16.5. The van der Waals surface area contributed by atoms with Crippen molar-refractivity contribution >= 4 is 11.6 Å². The third-order valence-electron chi connectivity index (χ3n) is 4.56. The highest BCUT2D eigenvalue weighted by molar-refractivity contribution is 6.23. The van der Waals surface area contributed by atoms with Crippen LogP contribution in [0.1, 0.15) is 54.9 Å². The van der Waals surface area contributed by atoms with E-state index in [1.807, 2.05) is 47.6 Å². The van der Waals surface area contributed by atoms with E-state index >= 15 is 0 Å². The molecule has 0 atom stereocenters. The van der Waals surface area contributed by atoms with Gasteiger partial charge in [0.1, 0.15) is 11.2 Å². The Bertz CT molecular complexity index is 638. The second-order valence-electron chi connectivity index (χ2n) is 7.13. The van der Waals surface area contributed by atoms with E-state index in [-0.39, 0.29) is 23.1 Å². The number of allylic oxidation sites excluding steroid dienone is 4. The number of carbonyl (C=O) groups is 2. The average molecular weight is 304 g/mol. The van der Waals surface area contributed by atoms with Gasteiger partial charge in [0.25, 0.3) is 0 Å². The monoisotopic (exact) mass is 304 g/mol. The molecule has 0 spiro atoms. The zero-order valence-electron chi connectivity index (χ0n) is 14.4. The fourth-order valence-corrected chi connectivity index (χ4v) is 2.31. The summed E-state index contributed by atoms with van der Waals surface area (Å²) >= 11 is 0. The lowest BCUT2D eigenvalue weighted by Crippen LogP contribution is -2.54. The van der Waals surface area contributed by atoms with Crippen LogP contribution in [0.3, 0.4) is 0 Å². The normalized spacial score (nSPS) is 22.9. The van der Waals surface area contributed by atoms with Crippen LogP contribution < -0.4 is 0 Å². The Morgan fingerprint density at radius 1 is 0.955 bits per heavy atom. The summed E-state index contributed by atoms with van der Waals surface area (Å²) in [5.41, 5.74) is 0.640. The van der Waals surface area contributed by atoms with Crippen molar-refractivity contribution < 1.29 is 19.1 Å². The third-order valence-corrected chi connectivity index (χ3v) is 4.56. The van der Waals surface area contributed by atoms with Gasteiger partial charge in [-0.3, -0.25) is 9.59 Å². The molecule has 0 radical (unpaired) electrons. The van der Waals surface area contributed by atoms with Gasteiger partial charge in [-0.1, -0.05) is 11.6 Å². The van der Waals surface area contributed by atoms with Crippen molar-refractivity contribution in [2.24, 2.45) is 0 Å². The summed E-state index contributed by atoms with van der Waals surface area (Å²) < 4.78 is 11.7. The van der Waals surface area contributed by atoms with Crippen molar-refractivity contribution in [3.8, 4) is 0 Å². The van der Waals surface area contributed by atoms with E-state index in [1.165, 1.54) is 0 Å². The summed E-state index contributed by atoms with van der Waals surface area (Å²) in [7, 11) is 0. The smallest absolute Gasteiger partial charge is 0.228 e. The summed E-state index contributed by atoms with van der Waals surface area (Å²) in [6, 6.07) is 0. The molecule has 0 aromatic rings. The Balaban J connectivity index is 2.47. The number of hydrogen-bond acceptors (Lipinski definition) is 4. The standard InChI is InChI=1S/C18H24O4/c1-10(2)8-9-12-11(3)13(19)15-16(14(12)20)22-18(6,7)17(4,5)21-15/h8H,9H2,1-7H3. The minimum atomic E-state index is -0.700. The molecule has 2 aliphatic rings. The Morgan fingerprint density at radius 2 is 1.41 bits per heavy atom. The average Bonchev–Trinajstić information content (AvgIpc) is 2.38. The zero-order valence-corrected chi connectivity index (χ0v) is 14.4. The fourth-order valence-electron chi connectivity index (χ4n) is 2.31. The highest BCUT2D eigenvalue weighted by Gasteiger charge is 2.51. The number of ketones is 2. The van der Waals surface area contributed by atoms with Crippen LogP contribution in [-0.4, -0.2) is 22.8 Å². The number of hydrogen-bond donors (Lipinski definition) is 0. The van der Waals surface area contributed by atoms with Gasteiger partial charge >= 0.3 is 0 Å². The molecule has 4 heteroatoms. The first-order valence-electron chi connectivity index (χ1n) is 7.53. The van der Waals surface area contributed by atoms with Crippen molar-refractivity contribution in [2.75, 3.05) is 0 Å². The highest BCUT2D eigenvalue weighted by Crippen LogP contribution is 2.42. The molecule has 0 N–H and O–H groups in total. The molecule has 0 bridgehead atoms. The molecule has 0 saturated heterocycles. The molecule has 120 valence electrons. The van der Waals surface area contributed by atoms with Gasteiger partial charge in [-0.25, -0.2) is 0 Å². The van der Waals surface area contributed by atoms with Gasteiger partial charge < -0.3 is 9.47 Å². The summed E-state index contributed by atoms with van der Waals surface area (Å²) in [5.74, 6) is -0.395. The lowest BCUT2D eigenvalue weighted by atomic mass is 9.84. The predicted octanol–water partition coefficient (Wildman–Crippen LogP) is 3.63. The van der Waals surface area contributed by atoms with Gasteiger partial charge in [0.2, 0.25) is 23.1 Å². The molecule has 0 amide bonds. The second kappa shape index (κ2) is 5.11. The van der Waals surface area contributed by atoms with Crippen LogP contribution in [0.25, 0.3) is 0 Å². The largest absolute Gasteiger partial charge is 0.476 e. The lowest BCUT2D eigenvalue weighted by Gasteiger charge is -2.46. The lowest BCUT2D eigenvalue weighted by molar-refractivity contribution is -0.177. The maximum absolute atomic E-state index is 12.7. The van der Waals surface area contributed by atoms with E-state index in [9.17, 15) is 9.59 Å². The van der Waals surface area contributed by atoms with Crippen LogP contribution >= 0.6 is 0 Å². The molecule has 0 aromatic carbocycles. The SMILES string of the molecule is CC(C)=CCC1=C(C)C(=O)C2=C(OC(C)(C)C(C)(C)O2)C1=O. The maximum Gasteiger partial charge on any atom is 0.228 e. The molecule has 22 heavy (non-hydrogen) atoms. The van der Waals surface area contributed by atoms with Gasteiger partial charge in [0.15, 0.2) is 0 Å². The fraction of sp³-hybridized carbons (Fsp3) is 0.556. The molecule has 1 aliphatic heterocycles.